The molecule has 28 heavy (non-hydrogen) atoms. The number of nitrogens with one attached hydrogen (secondary N) is 2. The average Bonchev–Trinajstić information content (AvgIpc) is 3.41. The molecule has 0 atom stereocenters. The number of rotatable bonds is 2. The van der Waals surface area contributed by atoms with E-state index in [-0.39, 0.29) is 5.82 Å². The van der Waals surface area contributed by atoms with Crippen LogP contribution in [0.4, 0.5) is 4.39 Å². The van der Waals surface area contributed by atoms with Gasteiger partial charge < -0.3 is 4.98 Å². The Bertz CT molecular complexity index is 1230. The first kappa shape index (κ1) is 17.8. The minimum atomic E-state index is -0.523. The third-order valence-corrected chi connectivity index (χ3v) is 4.58. The van der Waals surface area contributed by atoms with Crippen molar-refractivity contribution in [3.8, 4) is 11.3 Å². The number of hydrogen-bond donors (Lipinski definition) is 2. The van der Waals surface area contributed by atoms with E-state index in [1.54, 1.807) is 36.0 Å². The summed E-state index contributed by atoms with van der Waals surface area (Å²) in [6, 6.07) is 8.59. The first-order valence-corrected chi connectivity index (χ1v) is 8.91. The number of hydrogen-bond acceptors (Lipinski definition) is 4. The third-order valence-electron chi connectivity index (χ3n) is 4.58. The summed E-state index contributed by atoms with van der Waals surface area (Å²) in [5.41, 5.74) is 2.56. The summed E-state index contributed by atoms with van der Waals surface area (Å²) >= 11 is 0. The van der Waals surface area contributed by atoms with Gasteiger partial charge in [0.05, 0.1) is 11.3 Å². The van der Waals surface area contributed by atoms with Gasteiger partial charge in [0.15, 0.2) is 5.65 Å². The zero-order valence-corrected chi connectivity index (χ0v) is 15.1. The highest BCUT2D eigenvalue weighted by Crippen LogP contribution is 2.42. The van der Waals surface area contributed by atoms with E-state index in [0.29, 0.717) is 22.7 Å². The fraction of sp³-hybridized carbons (Fsp3) is 0.200. The molecule has 0 unspecified atom stereocenters. The normalized spacial score (nSPS) is 13.2. The summed E-state index contributed by atoms with van der Waals surface area (Å²) in [6.45, 7) is 1.75. The molecule has 0 spiro atoms. The Kier molecular flexibility index (Phi) is 4.60. The van der Waals surface area contributed by atoms with Crippen LogP contribution in [0.25, 0.3) is 16.9 Å². The van der Waals surface area contributed by atoms with Gasteiger partial charge in [-0.1, -0.05) is 18.2 Å². The van der Waals surface area contributed by atoms with E-state index >= 15 is 0 Å². The molecule has 1 aromatic carbocycles. The highest BCUT2D eigenvalue weighted by molar-refractivity contribution is 5.62. The maximum absolute atomic E-state index is 12.3. The van der Waals surface area contributed by atoms with Gasteiger partial charge in [-0.25, -0.2) is 18.7 Å². The Hall–Kier alpha value is -3.55. The molecule has 1 saturated carbocycles. The van der Waals surface area contributed by atoms with Crippen LogP contribution in [-0.2, 0) is 0 Å². The molecule has 1 fully saturated rings. The molecule has 3 aromatic heterocycles. The molecule has 2 N–H and O–H groups in total. The van der Waals surface area contributed by atoms with Gasteiger partial charge in [0, 0.05) is 24.2 Å². The van der Waals surface area contributed by atoms with Crippen LogP contribution in [0.15, 0.2) is 58.5 Å². The number of fused-ring (bicyclic) bond motifs is 1. The van der Waals surface area contributed by atoms with Crippen LogP contribution in [0.5, 0.6) is 0 Å². The smallest absolute Gasteiger partial charge is 0.313 e. The van der Waals surface area contributed by atoms with E-state index in [1.165, 1.54) is 12.3 Å². The van der Waals surface area contributed by atoms with Crippen LogP contribution in [0.1, 0.15) is 29.9 Å². The largest absolute Gasteiger partial charge is 0.325 e. The topological polar surface area (TPSA) is 95.9 Å². The lowest BCUT2D eigenvalue weighted by molar-refractivity contribution is 0.618. The maximum atomic E-state index is 12.3. The van der Waals surface area contributed by atoms with E-state index in [9.17, 15) is 14.0 Å². The summed E-state index contributed by atoms with van der Waals surface area (Å²) in [5.74, 6) is 0.357. The van der Waals surface area contributed by atoms with Crippen LogP contribution in [0.3, 0.4) is 0 Å². The second-order valence-electron chi connectivity index (χ2n) is 6.69. The van der Waals surface area contributed by atoms with Crippen molar-refractivity contribution in [3.05, 3.63) is 86.7 Å². The van der Waals surface area contributed by atoms with Crippen LogP contribution < -0.4 is 11.2 Å². The highest BCUT2D eigenvalue weighted by atomic mass is 19.1. The Balaban J connectivity index is 0.000000203. The molecule has 1 aliphatic carbocycles. The molecule has 4 aromatic rings. The predicted molar refractivity (Wildman–Crippen MR) is 103 cm³/mol. The molecule has 5 rings (SSSR count). The third kappa shape index (κ3) is 3.62. The summed E-state index contributed by atoms with van der Waals surface area (Å²) in [5, 5.41) is 4.38. The van der Waals surface area contributed by atoms with Crippen LogP contribution >= 0.6 is 0 Å². The first-order valence-electron chi connectivity index (χ1n) is 8.91. The van der Waals surface area contributed by atoms with Crippen molar-refractivity contribution in [1.29, 1.82) is 0 Å². The van der Waals surface area contributed by atoms with Gasteiger partial charge in [-0.3, -0.25) is 9.78 Å². The standard InChI is InChI=1S/C13H11N5O2.C7H7F/c19-12-9(6-15-13(20)16-12)10-5-8(7-1-2-7)11-14-3-4-18(11)17-10;1-6-4-2-3-5-7(6)8/h3-7H,1-2H2,(H2,15,16,19,20);2-5H,1H3. The predicted octanol–water partition coefficient (Wildman–Crippen LogP) is 2.78. The molecule has 142 valence electrons. The summed E-state index contributed by atoms with van der Waals surface area (Å²) in [4.78, 5) is 31.9. The van der Waals surface area contributed by atoms with E-state index < -0.39 is 11.2 Å². The molecule has 0 amide bonds. The minimum Gasteiger partial charge on any atom is -0.313 e. The molecule has 0 radical (unpaired) electrons. The monoisotopic (exact) mass is 379 g/mol. The van der Waals surface area contributed by atoms with Crippen molar-refractivity contribution in [2.45, 2.75) is 25.7 Å². The summed E-state index contributed by atoms with van der Waals surface area (Å²) in [6.07, 6.45) is 7.10. The average molecular weight is 379 g/mol. The molecular formula is C20H18FN5O2. The van der Waals surface area contributed by atoms with Gasteiger partial charge in [-0.2, -0.15) is 5.10 Å². The molecule has 3 heterocycles. The second-order valence-corrected chi connectivity index (χ2v) is 6.69. The van der Waals surface area contributed by atoms with E-state index in [0.717, 1.165) is 24.1 Å². The van der Waals surface area contributed by atoms with Crippen molar-refractivity contribution in [3.63, 3.8) is 0 Å². The SMILES string of the molecule is Cc1ccccc1F.O=c1[nH]cc(-c2cc(C3CC3)c3nccn3n2)c(=O)[nH]1. The molecule has 0 saturated heterocycles. The summed E-state index contributed by atoms with van der Waals surface area (Å²) < 4.78 is 14.0. The van der Waals surface area contributed by atoms with Crippen molar-refractivity contribution >= 4 is 5.65 Å². The number of aromatic amines is 2. The van der Waals surface area contributed by atoms with Gasteiger partial charge in [-0.15, -0.1) is 0 Å². The number of imidazole rings is 1. The lowest BCUT2D eigenvalue weighted by Gasteiger charge is -2.05. The van der Waals surface area contributed by atoms with Crippen molar-refractivity contribution in [1.82, 2.24) is 24.6 Å². The Morgan fingerprint density at radius 3 is 2.64 bits per heavy atom. The second kappa shape index (κ2) is 7.22. The lowest BCUT2D eigenvalue weighted by atomic mass is 10.1. The Morgan fingerprint density at radius 1 is 1.21 bits per heavy atom. The minimum absolute atomic E-state index is 0.132. The van der Waals surface area contributed by atoms with E-state index in [2.05, 4.69) is 20.1 Å². The highest BCUT2D eigenvalue weighted by Gasteiger charge is 2.27. The fourth-order valence-electron chi connectivity index (χ4n) is 2.92. The van der Waals surface area contributed by atoms with Gasteiger partial charge in [0.2, 0.25) is 0 Å². The maximum Gasteiger partial charge on any atom is 0.325 e. The quantitative estimate of drug-likeness (QED) is 0.560. The number of nitrogens with zero attached hydrogens (tertiary/aromatic N) is 3. The number of halogens is 1. The number of aryl methyl sites for hydroxylation is 1. The van der Waals surface area contributed by atoms with Gasteiger partial charge in [0.1, 0.15) is 5.82 Å². The van der Waals surface area contributed by atoms with Gasteiger partial charge in [0.25, 0.3) is 5.56 Å². The molecule has 0 bridgehead atoms. The van der Waals surface area contributed by atoms with Crippen molar-refractivity contribution < 1.29 is 4.39 Å². The van der Waals surface area contributed by atoms with Crippen LogP contribution in [-0.4, -0.2) is 24.6 Å². The van der Waals surface area contributed by atoms with Crippen molar-refractivity contribution in [2.75, 3.05) is 0 Å². The van der Waals surface area contributed by atoms with E-state index in [1.807, 2.05) is 12.1 Å². The number of H-pyrrole nitrogens is 2. The zero-order valence-electron chi connectivity index (χ0n) is 15.1. The molecular weight excluding hydrogens is 361 g/mol. The van der Waals surface area contributed by atoms with Gasteiger partial charge >= 0.3 is 5.69 Å². The Morgan fingerprint density at radius 2 is 2.00 bits per heavy atom. The zero-order chi connectivity index (χ0) is 19.7. The number of benzene rings is 1. The van der Waals surface area contributed by atoms with Gasteiger partial charge in [-0.05, 0) is 43.4 Å². The number of aromatic nitrogens is 5. The van der Waals surface area contributed by atoms with E-state index in [4.69, 9.17) is 0 Å². The fourth-order valence-corrected chi connectivity index (χ4v) is 2.92. The molecule has 8 heteroatoms. The lowest BCUT2D eigenvalue weighted by Crippen LogP contribution is -2.23. The summed E-state index contributed by atoms with van der Waals surface area (Å²) in [7, 11) is 0. The van der Waals surface area contributed by atoms with Crippen molar-refractivity contribution in [2.24, 2.45) is 0 Å². The van der Waals surface area contributed by atoms with Crippen LogP contribution in [0.2, 0.25) is 0 Å². The Labute approximate surface area is 158 Å². The molecule has 7 nitrogen and oxygen atoms in total. The van der Waals surface area contributed by atoms with Crippen LogP contribution in [0, 0.1) is 12.7 Å². The first-order chi connectivity index (χ1) is 13.5. The molecule has 0 aliphatic heterocycles. The molecule has 1 aliphatic rings.